The minimum atomic E-state index is 0.279. The average molecular weight is 309 g/mol. The lowest BCUT2D eigenvalue weighted by molar-refractivity contribution is -0.0304. The Hall–Kier alpha value is -1.30. The van der Waals surface area contributed by atoms with Gasteiger partial charge in [0.15, 0.2) is 0 Å². The van der Waals surface area contributed by atoms with Crippen molar-refractivity contribution >= 4 is 5.69 Å². The van der Waals surface area contributed by atoms with Crippen molar-refractivity contribution < 1.29 is 18.9 Å². The Morgan fingerprint density at radius 2 is 1.55 bits per heavy atom. The van der Waals surface area contributed by atoms with E-state index < -0.39 is 0 Å². The second-order valence-corrected chi connectivity index (χ2v) is 5.56. The van der Waals surface area contributed by atoms with Gasteiger partial charge >= 0.3 is 0 Å². The molecule has 5 nitrogen and oxygen atoms in total. The number of benzene rings is 1. The molecule has 0 aliphatic heterocycles. The van der Waals surface area contributed by atoms with Crippen molar-refractivity contribution in [3.63, 3.8) is 0 Å². The van der Waals surface area contributed by atoms with Crippen molar-refractivity contribution in [2.45, 2.75) is 37.9 Å². The topological polar surface area (TPSA) is 62.9 Å². The van der Waals surface area contributed by atoms with Gasteiger partial charge in [-0.1, -0.05) is 0 Å². The molecule has 0 bridgehead atoms. The van der Waals surface area contributed by atoms with Gasteiger partial charge in [0.25, 0.3) is 0 Å². The van der Waals surface area contributed by atoms with E-state index in [0.717, 1.165) is 37.1 Å². The molecule has 1 aliphatic carbocycles. The molecule has 22 heavy (non-hydrogen) atoms. The smallest absolute Gasteiger partial charge is 0.119 e. The maximum atomic E-state index is 5.98. The maximum absolute atomic E-state index is 5.98. The van der Waals surface area contributed by atoms with E-state index >= 15 is 0 Å². The summed E-state index contributed by atoms with van der Waals surface area (Å²) in [5.41, 5.74) is 6.43. The quantitative estimate of drug-likeness (QED) is 0.561. The Labute approximate surface area is 132 Å². The summed E-state index contributed by atoms with van der Waals surface area (Å²) < 4.78 is 22.1. The van der Waals surface area contributed by atoms with E-state index in [1.54, 1.807) is 7.11 Å². The van der Waals surface area contributed by atoms with Crippen molar-refractivity contribution in [2.75, 3.05) is 39.3 Å². The lowest BCUT2D eigenvalue weighted by Crippen LogP contribution is -2.29. The Morgan fingerprint density at radius 1 is 0.909 bits per heavy atom. The Balaban J connectivity index is 1.56. The maximum Gasteiger partial charge on any atom is 0.119 e. The molecule has 0 atom stereocenters. The van der Waals surface area contributed by atoms with Crippen molar-refractivity contribution in [3.8, 4) is 5.75 Å². The third-order valence-corrected chi connectivity index (χ3v) is 3.82. The monoisotopic (exact) mass is 309 g/mol. The molecule has 124 valence electrons. The second-order valence-electron chi connectivity index (χ2n) is 5.56. The lowest BCUT2D eigenvalue weighted by atomic mass is 9.95. The Kier molecular flexibility index (Phi) is 7.49. The van der Waals surface area contributed by atoms with E-state index in [1.807, 2.05) is 24.3 Å². The third-order valence-electron chi connectivity index (χ3n) is 3.82. The van der Waals surface area contributed by atoms with Gasteiger partial charge in [0.2, 0.25) is 0 Å². The minimum absolute atomic E-state index is 0.279. The minimum Gasteiger partial charge on any atom is -0.490 e. The zero-order chi connectivity index (χ0) is 15.6. The number of ether oxygens (including phenoxy) is 4. The van der Waals surface area contributed by atoms with E-state index in [0.29, 0.717) is 32.5 Å². The molecule has 0 unspecified atom stereocenters. The van der Waals surface area contributed by atoms with Crippen LogP contribution in [0.15, 0.2) is 24.3 Å². The third kappa shape index (κ3) is 6.22. The predicted molar refractivity (Wildman–Crippen MR) is 86.2 cm³/mol. The molecule has 1 aromatic rings. The van der Waals surface area contributed by atoms with E-state index in [2.05, 4.69) is 0 Å². The molecule has 0 aromatic heterocycles. The van der Waals surface area contributed by atoms with Crippen molar-refractivity contribution in [1.29, 1.82) is 0 Å². The number of nitrogen functional groups attached to an aromatic ring is 1. The van der Waals surface area contributed by atoms with Gasteiger partial charge in [-0.05, 0) is 49.9 Å². The van der Waals surface area contributed by atoms with Crippen LogP contribution in [0, 0.1) is 0 Å². The molecule has 2 N–H and O–H groups in total. The predicted octanol–water partition coefficient (Wildman–Crippen LogP) is 2.64. The van der Waals surface area contributed by atoms with Crippen LogP contribution in [0.3, 0.4) is 0 Å². The molecule has 0 spiro atoms. The summed E-state index contributed by atoms with van der Waals surface area (Å²) in [5, 5.41) is 0. The fourth-order valence-electron chi connectivity index (χ4n) is 2.57. The highest BCUT2D eigenvalue weighted by Gasteiger charge is 2.22. The molecule has 1 aliphatic rings. The number of methoxy groups -OCH3 is 1. The average Bonchev–Trinajstić information content (AvgIpc) is 2.54. The standard InChI is InChI=1S/C17H27NO4/c1-19-10-11-20-12-13-21-15-6-8-17(9-7-15)22-16-4-2-14(18)3-5-16/h2-5,15,17H,6-13,18H2,1H3. The van der Waals surface area contributed by atoms with Crippen molar-refractivity contribution in [2.24, 2.45) is 0 Å². The van der Waals surface area contributed by atoms with Gasteiger partial charge in [0.1, 0.15) is 5.75 Å². The van der Waals surface area contributed by atoms with E-state index in [4.69, 9.17) is 24.7 Å². The molecular formula is C17H27NO4. The van der Waals surface area contributed by atoms with E-state index in [-0.39, 0.29) is 6.10 Å². The fraction of sp³-hybridized carbons (Fsp3) is 0.647. The highest BCUT2D eigenvalue weighted by atomic mass is 16.5. The first-order valence-corrected chi connectivity index (χ1v) is 7.98. The number of anilines is 1. The van der Waals surface area contributed by atoms with Crippen molar-refractivity contribution in [1.82, 2.24) is 0 Å². The summed E-state index contributed by atoms with van der Waals surface area (Å²) in [7, 11) is 1.67. The van der Waals surface area contributed by atoms with Gasteiger partial charge in [-0.25, -0.2) is 0 Å². The highest BCUT2D eigenvalue weighted by molar-refractivity contribution is 5.41. The first-order valence-electron chi connectivity index (χ1n) is 7.98. The van der Waals surface area contributed by atoms with Gasteiger partial charge in [-0.2, -0.15) is 0 Å². The Morgan fingerprint density at radius 3 is 2.23 bits per heavy atom. The van der Waals surface area contributed by atoms with Gasteiger partial charge in [0, 0.05) is 12.8 Å². The summed E-state index contributed by atoms with van der Waals surface area (Å²) in [6.07, 6.45) is 4.74. The highest BCUT2D eigenvalue weighted by Crippen LogP contribution is 2.25. The molecule has 2 rings (SSSR count). The van der Waals surface area contributed by atoms with Gasteiger partial charge in [-0.15, -0.1) is 0 Å². The molecule has 0 radical (unpaired) electrons. The number of hydrogen-bond acceptors (Lipinski definition) is 5. The summed E-state index contributed by atoms with van der Waals surface area (Å²) in [6.45, 7) is 2.54. The molecule has 1 aromatic carbocycles. The van der Waals surface area contributed by atoms with Gasteiger partial charge in [0.05, 0.1) is 38.6 Å². The number of hydrogen-bond donors (Lipinski definition) is 1. The van der Waals surface area contributed by atoms with Crippen LogP contribution in [0.25, 0.3) is 0 Å². The molecule has 0 saturated heterocycles. The van der Waals surface area contributed by atoms with Crippen LogP contribution in [-0.2, 0) is 14.2 Å². The molecule has 0 heterocycles. The van der Waals surface area contributed by atoms with E-state index in [1.165, 1.54) is 0 Å². The Bertz CT molecular complexity index is 402. The molecular weight excluding hydrogens is 282 g/mol. The van der Waals surface area contributed by atoms with Gasteiger partial charge < -0.3 is 24.7 Å². The van der Waals surface area contributed by atoms with Crippen molar-refractivity contribution in [3.05, 3.63) is 24.3 Å². The van der Waals surface area contributed by atoms with Crippen LogP contribution >= 0.6 is 0 Å². The first kappa shape index (κ1) is 17.1. The number of nitrogens with two attached hydrogens (primary N) is 1. The SMILES string of the molecule is COCCOCCOC1CCC(Oc2ccc(N)cc2)CC1. The summed E-state index contributed by atoms with van der Waals surface area (Å²) in [5.74, 6) is 0.894. The largest absolute Gasteiger partial charge is 0.490 e. The van der Waals surface area contributed by atoms with Crippen LogP contribution in [0.5, 0.6) is 5.75 Å². The second kappa shape index (κ2) is 9.66. The normalized spacial score (nSPS) is 21.7. The molecule has 5 heteroatoms. The summed E-state index contributed by atoms with van der Waals surface area (Å²) in [6, 6.07) is 7.59. The number of rotatable bonds is 9. The zero-order valence-corrected chi connectivity index (χ0v) is 13.3. The molecule has 0 amide bonds. The summed E-state index contributed by atoms with van der Waals surface area (Å²) >= 11 is 0. The van der Waals surface area contributed by atoms with Crippen LogP contribution in [-0.4, -0.2) is 45.7 Å². The van der Waals surface area contributed by atoms with Crippen LogP contribution in [0.4, 0.5) is 5.69 Å². The van der Waals surface area contributed by atoms with Crippen LogP contribution in [0.1, 0.15) is 25.7 Å². The molecule has 1 fully saturated rings. The lowest BCUT2D eigenvalue weighted by Gasteiger charge is -2.29. The zero-order valence-electron chi connectivity index (χ0n) is 13.3. The van der Waals surface area contributed by atoms with Crippen LogP contribution in [0.2, 0.25) is 0 Å². The van der Waals surface area contributed by atoms with Gasteiger partial charge in [-0.3, -0.25) is 0 Å². The van der Waals surface area contributed by atoms with E-state index in [9.17, 15) is 0 Å². The summed E-state index contributed by atoms with van der Waals surface area (Å²) in [4.78, 5) is 0. The first-order chi connectivity index (χ1) is 10.8. The van der Waals surface area contributed by atoms with Crippen LogP contribution < -0.4 is 10.5 Å². The molecule has 1 saturated carbocycles. The fourth-order valence-corrected chi connectivity index (χ4v) is 2.57.